The van der Waals surface area contributed by atoms with Crippen LogP contribution in [0.1, 0.15) is 18.4 Å². The molecule has 0 aliphatic heterocycles. The van der Waals surface area contributed by atoms with Crippen molar-refractivity contribution in [3.05, 3.63) is 5.01 Å². The van der Waals surface area contributed by atoms with Crippen molar-refractivity contribution in [3.63, 3.8) is 0 Å². The largest absolute Gasteiger partial charge is 0.384 e. The first-order valence-electron chi connectivity index (χ1n) is 4.99. The Labute approximate surface area is 98.8 Å². The van der Waals surface area contributed by atoms with Gasteiger partial charge in [-0.15, -0.1) is 10.2 Å². The molecule has 0 aliphatic carbocycles. The summed E-state index contributed by atoms with van der Waals surface area (Å²) in [5.41, 5.74) is 0. The highest BCUT2D eigenvalue weighted by Crippen LogP contribution is 2.19. The van der Waals surface area contributed by atoms with Gasteiger partial charge in [-0.2, -0.15) is 11.8 Å². The van der Waals surface area contributed by atoms with Crippen LogP contribution in [0.5, 0.6) is 0 Å². The fourth-order valence-electron chi connectivity index (χ4n) is 0.917. The fraction of sp³-hybridized carbons (Fsp3) is 0.778. The molecule has 1 aromatic heterocycles. The Kier molecular flexibility index (Phi) is 6.71. The van der Waals surface area contributed by atoms with Crippen LogP contribution in [0.15, 0.2) is 0 Å². The Morgan fingerprint density at radius 3 is 3.07 bits per heavy atom. The molecule has 0 radical (unpaired) electrons. The lowest BCUT2D eigenvalue weighted by Gasteiger charge is -1.97. The van der Waals surface area contributed by atoms with Crippen molar-refractivity contribution in [2.45, 2.75) is 19.1 Å². The summed E-state index contributed by atoms with van der Waals surface area (Å²) >= 11 is 3.46. The number of aromatic nitrogens is 2. The van der Waals surface area contributed by atoms with Gasteiger partial charge in [0.2, 0.25) is 5.13 Å². The SMILES string of the molecule is CCCNc1nnc(CSCCOC)s1. The number of nitrogens with one attached hydrogen (secondary N) is 1. The highest BCUT2D eigenvalue weighted by atomic mass is 32.2. The first-order chi connectivity index (χ1) is 7.36. The molecule has 0 atom stereocenters. The van der Waals surface area contributed by atoms with Gasteiger partial charge in [-0.25, -0.2) is 0 Å². The average Bonchev–Trinajstić information content (AvgIpc) is 2.69. The van der Waals surface area contributed by atoms with Crippen LogP contribution in [0.3, 0.4) is 0 Å². The first kappa shape index (κ1) is 12.7. The van der Waals surface area contributed by atoms with E-state index < -0.39 is 0 Å². The lowest BCUT2D eigenvalue weighted by molar-refractivity contribution is 0.218. The molecule has 0 unspecified atom stereocenters. The Bertz CT molecular complexity index is 268. The number of ether oxygens (including phenoxy) is 1. The Hall–Kier alpha value is -0.330. The number of thioether (sulfide) groups is 1. The van der Waals surface area contributed by atoms with Crippen molar-refractivity contribution in [2.24, 2.45) is 0 Å². The van der Waals surface area contributed by atoms with Gasteiger partial charge in [0.15, 0.2) is 0 Å². The maximum atomic E-state index is 4.97. The molecule has 4 nitrogen and oxygen atoms in total. The molecule has 0 aliphatic rings. The van der Waals surface area contributed by atoms with E-state index in [-0.39, 0.29) is 0 Å². The van der Waals surface area contributed by atoms with E-state index >= 15 is 0 Å². The van der Waals surface area contributed by atoms with Gasteiger partial charge in [-0.1, -0.05) is 18.3 Å². The Balaban J connectivity index is 2.20. The Morgan fingerprint density at radius 2 is 2.33 bits per heavy atom. The molecule has 6 heteroatoms. The summed E-state index contributed by atoms with van der Waals surface area (Å²) in [6, 6.07) is 0. The molecule has 1 N–H and O–H groups in total. The lowest BCUT2D eigenvalue weighted by atomic mass is 10.5. The minimum absolute atomic E-state index is 0.796. The predicted molar refractivity (Wildman–Crippen MR) is 66.7 cm³/mol. The molecular formula is C9H17N3OS2. The number of methoxy groups -OCH3 is 1. The van der Waals surface area contributed by atoms with Gasteiger partial charge < -0.3 is 10.1 Å². The van der Waals surface area contributed by atoms with E-state index in [0.29, 0.717) is 0 Å². The van der Waals surface area contributed by atoms with E-state index in [9.17, 15) is 0 Å². The van der Waals surface area contributed by atoms with Gasteiger partial charge in [0, 0.05) is 25.2 Å². The third-order valence-corrected chi connectivity index (χ3v) is 3.65. The van der Waals surface area contributed by atoms with Gasteiger partial charge in [0.1, 0.15) is 5.01 Å². The average molecular weight is 247 g/mol. The standard InChI is InChI=1S/C9H17N3OS2/c1-3-4-10-9-12-11-8(15-9)7-14-6-5-13-2/h3-7H2,1-2H3,(H,10,12). The minimum atomic E-state index is 0.796. The monoisotopic (exact) mass is 247 g/mol. The molecule has 1 aromatic rings. The van der Waals surface area contributed by atoms with Gasteiger partial charge in [0.05, 0.1) is 6.61 Å². The van der Waals surface area contributed by atoms with E-state index in [0.717, 1.165) is 41.2 Å². The normalized spacial score (nSPS) is 10.5. The maximum Gasteiger partial charge on any atom is 0.205 e. The zero-order valence-electron chi connectivity index (χ0n) is 9.15. The van der Waals surface area contributed by atoms with Crippen LogP contribution < -0.4 is 5.32 Å². The van der Waals surface area contributed by atoms with Gasteiger partial charge in [-0.3, -0.25) is 0 Å². The van der Waals surface area contributed by atoms with Gasteiger partial charge in [0.25, 0.3) is 0 Å². The van der Waals surface area contributed by atoms with Crippen molar-refractivity contribution in [1.82, 2.24) is 10.2 Å². The molecule has 0 fully saturated rings. The van der Waals surface area contributed by atoms with Gasteiger partial charge >= 0.3 is 0 Å². The van der Waals surface area contributed by atoms with Crippen molar-refractivity contribution < 1.29 is 4.74 Å². The molecular weight excluding hydrogens is 230 g/mol. The summed E-state index contributed by atoms with van der Waals surface area (Å²) in [4.78, 5) is 0. The van der Waals surface area contributed by atoms with Crippen LogP contribution in [0, 0.1) is 0 Å². The molecule has 86 valence electrons. The summed E-state index contributed by atoms with van der Waals surface area (Å²) in [7, 11) is 1.72. The molecule has 1 rings (SSSR count). The molecule has 15 heavy (non-hydrogen) atoms. The summed E-state index contributed by atoms with van der Waals surface area (Å²) in [6.45, 7) is 3.89. The first-order valence-corrected chi connectivity index (χ1v) is 6.97. The summed E-state index contributed by atoms with van der Waals surface area (Å²) < 4.78 is 4.97. The van der Waals surface area contributed by atoms with Crippen LogP contribution in [0.2, 0.25) is 0 Å². The van der Waals surface area contributed by atoms with E-state index in [1.165, 1.54) is 0 Å². The lowest BCUT2D eigenvalue weighted by Crippen LogP contribution is -1.98. The number of anilines is 1. The van der Waals surface area contributed by atoms with Crippen LogP contribution in [0.25, 0.3) is 0 Å². The third-order valence-electron chi connectivity index (χ3n) is 1.65. The quantitative estimate of drug-likeness (QED) is 0.714. The predicted octanol–water partition coefficient (Wildman–Crippen LogP) is 2.24. The zero-order chi connectivity index (χ0) is 10.9. The number of nitrogens with zero attached hydrogens (tertiary/aromatic N) is 2. The van der Waals surface area contributed by atoms with Crippen molar-refractivity contribution >= 4 is 28.2 Å². The smallest absolute Gasteiger partial charge is 0.205 e. The van der Waals surface area contributed by atoms with E-state index in [2.05, 4.69) is 22.4 Å². The van der Waals surface area contributed by atoms with Crippen LogP contribution in [-0.4, -0.2) is 36.2 Å². The number of hydrogen-bond acceptors (Lipinski definition) is 6. The molecule has 0 aromatic carbocycles. The molecule has 1 heterocycles. The van der Waals surface area contributed by atoms with Gasteiger partial charge in [-0.05, 0) is 6.42 Å². The number of rotatable bonds is 8. The van der Waals surface area contributed by atoms with E-state index in [1.54, 1.807) is 18.4 Å². The maximum absolute atomic E-state index is 4.97. The second kappa shape index (κ2) is 7.90. The summed E-state index contributed by atoms with van der Waals surface area (Å²) in [6.07, 6.45) is 1.11. The van der Waals surface area contributed by atoms with E-state index in [4.69, 9.17) is 4.74 Å². The Morgan fingerprint density at radius 1 is 1.47 bits per heavy atom. The molecule has 0 saturated carbocycles. The molecule has 0 spiro atoms. The van der Waals surface area contributed by atoms with Crippen molar-refractivity contribution in [3.8, 4) is 0 Å². The second-order valence-electron chi connectivity index (χ2n) is 2.97. The minimum Gasteiger partial charge on any atom is -0.384 e. The van der Waals surface area contributed by atoms with Crippen LogP contribution in [0.4, 0.5) is 5.13 Å². The third kappa shape index (κ3) is 5.34. The highest BCUT2D eigenvalue weighted by Gasteiger charge is 2.02. The van der Waals surface area contributed by atoms with Crippen molar-refractivity contribution in [2.75, 3.05) is 31.3 Å². The van der Waals surface area contributed by atoms with Crippen LogP contribution >= 0.6 is 23.1 Å². The van der Waals surface area contributed by atoms with Crippen LogP contribution in [-0.2, 0) is 10.5 Å². The number of hydrogen-bond donors (Lipinski definition) is 1. The summed E-state index contributed by atoms with van der Waals surface area (Å²) in [5, 5.41) is 13.4. The fourth-order valence-corrected chi connectivity index (χ4v) is 2.62. The molecule has 0 amide bonds. The summed E-state index contributed by atoms with van der Waals surface area (Å²) in [5.74, 6) is 1.93. The zero-order valence-corrected chi connectivity index (χ0v) is 10.8. The molecule has 0 bridgehead atoms. The molecule has 0 saturated heterocycles. The highest BCUT2D eigenvalue weighted by molar-refractivity contribution is 7.98. The van der Waals surface area contributed by atoms with Crippen molar-refractivity contribution in [1.29, 1.82) is 0 Å². The van der Waals surface area contributed by atoms with E-state index in [1.807, 2.05) is 11.8 Å². The second-order valence-corrected chi connectivity index (χ2v) is 5.14. The topological polar surface area (TPSA) is 47.0 Å².